The van der Waals surface area contributed by atoms with E-state index in [2.05, 4.69) is 114 Å². The zero-order valence-electron chi connectivity index (χ0n) is 23.0. The van der Waals surface area contributed by atoms with Crippen LogP contribution in [-0.4, -0.2) is 9.97 Å². The Kier molecular flexibility index (Phi) is 4.45. The minimum Gasteiger partial charge on any atom is -0.456 e. The van der Waals surface area contributed by atoms with Crippen LogP contribution in [0.2, 0.25) is 0 Å². The van der Waals surface area contributed by atoms with Gasteiger partial charge in [0.05, 0.1) is 11.0 Å². The molecule has 43 heavy (non-hydrogen) atoms. The van der Waals surface area contributed by atoms with Crippen LogP contribution < -0.4 is 0 Å². The second kappa shape index (κ2) is 8.37. The first kappa shape index (κ1) is 22.8. The summed E-state index contributed by atoms with van der Waals surface area (Å²) in [6.45, 7) is 0. The lowest BCUT2D eigenvalue weighted by Gasteiger charge is -2.15. The Morgan fingerprint density at radius 1 is 0.395 bits per heavy atom. The van der Waals surface area contributed by atoms with E-state index in [1.54, 1.807) is 0 Å². The maximum absolute atomic E-state index is 6.36. The summed E-state index contributed by atoms with van der Waals surface area (Å²) in [7, 11) is 0. The van der Waals surface area contributed by atoms with E-state index in [1.807, 2.05) is 24.5 Å². The van der Waals surface area contributed by atoms with Gasteiger partial charge in [-0.1, -0.05) is 72.8 Å². The third-order valence-electron chi connectivity index (χ3n) is 9.06. The molecule has 0 fully saturated rings. The van der Waals surface area contributed by atoms with Gasteiger partial charge in [-0.15, -0.1) is 0 Å². The summed E-state index contributed by atoms with van der Waals surface area (Å²) in [5.41, 5.74) is 8.32. The zero-order chi connectivity index (χ0) is 28.1. The molecule has 0 radical (unpaired) electrons. The van der Waals surface area contributed by atoms with Crippen molar-refractivity contribution in [1.82, 2.24) is 9.97 Å². The third-order valence-corrected chi connectivity index (χ3v) is 9.06. The smallest absolute Gasteiger partial charge is 0.135 e. The van der Waals surface area contributed by atoms with Gasteiger partial charge in [0.2, 0.25) is 0 Å². The average Bonchev–Trinajstić information content (AvgIpc) is 3.44. The molecular weight excluding hydrogens is 524 g/mol. The highest BCUT2D eigenvalue weighted by Crippen LogP contribution is 2.42. The number of pyridine rings is 2. The number of hydrogen-bond donors (Lipinski definition) is 0. The fourth-order valence-corrected chi connectivity index (χ4v) is 7.13. The molecule has 0 atom stereocenters. The molecule has 0 saturated heterocycles. The second-order valence-corrected chi connectivity index (χ2v) is 11.4. The fraction of sp³-hybridized carbons (Fsp3) is 0. The van der Waals surface area contributed by atoms with E-state index in [-0.39, 0.29) is 0 Å². The number of aromatic nitrogens is 2. The van der Waals surface area contributed by atoms with Crippen LogP contribution in [-0.2, 0) is 0 Å². The Bertz CT molecular complexity index is 2740. The Labute approximate surface area is 246 Å². The van der Waals surface area contributed by atoms with E-state index < -0.39 is 0 Å². The maximum Gasteiger partial charge on any atom is 0.135 e. The topological polar surface area (TPSA) is 38.9 Å². The van der Waals surface area contributed by atoms with Crippen molar-refractivity contribution in [3.05, 3.63) is 134 Å². The van der Waals surface area contributed by atoms with Gasteiger partial charge >= 0.3 is 0 Å². The SMILES string of the molecule is c1cnc2c(c1)cc(-c1ccc3oc4ccc(-c5cc6cccc7ccc8cccc5c8c76)cc4c3c1)c1cccnc12. The van der Waals surface area contributed by atoms with Crippen LogP contribution in [0.25, 0.3) is 98.3 Å². The van der Waals surface area contributed by atoms with Crippen molar-refractivity contribution in [3.8, 4) is 22.3 Å². The molecule has 0 aliphatic rings. The summed E-state index contributed by atoms with van der Waals surface area (Å²) in [4.78, 5) is 9.36. The van der Waals surface area contributed by atoms with Crippen molar-refractivity contribution in [3.63, 3.8) is 0 Å². The molecular formula is C40H22N2O. The highest BCUT2D eigenvalue weighted by Gasteiger charge is 2.16. The summed E-state index contributed by atoms with van der Waals surface area (Å²) >= 11 is 0. The van der Waals surface area contributed by atoms with Crippen LogP contribution in [0.3, 0.4) is 0 Å². The molecule has 0 N–H and O–H groups in total. The minimum absolute atomic E-state index is 0.885. The van der Waals surface area contributed by atoms with Crippen molar-refractivity contribution in [1.29, 1.82) is 0 Å². The summed E-state index contributed by atoms with van der Waals surface area (Å²) in [5.74, 6) is 0. The highest BCUT2D eigenvalue weighted by molar-refractivity contribution is 6.26. The molecule has 3 aromatic heterocycles. The molecule has 10 aromatic rings. The number of benzene rings is 7. The lowest BCUT2D eigenvalue weighted by Crippen LogP contribution is -1.88. The van der Waals surface area contributed by atoms with E-state index in [1.165, 1.54) is 43.4 Å². The number of rotatable bonds is 2. The third kappa shape index (κ3) is 3.19. The lowest BCUT2D eigenvalue weighted by molar-refractivity contribution is 0.669. The Morgan fingerprint density at radius 2 is 0.977 bits per heavy atom. The van der Waals surface area contributed by atoms with Crippen molar-refractivity contribution >= 4 is 76.1 Å². The molecule has 0 bridgehead atoms. The van der Waals surface area contributed by atoms with E-state index in [0.717, 1.165) is 54.9 Å². The van der Waals surface area contributed by atoms with E-state index in [0.29, 0.717) is 0 Å². The van der Waals surface area contributed by atoms with Crippen LogP contribution >= 0.6 is 0 Å². The van der Waals surface area contributed by atoms with Crippen molar-refractivity contribution in [2.75, 3.05) is 0 Å². The Hall–Kier alpha value is -5.80. The molecule has 3 heteroatoms. The van der Waals surface area contributed by atoms with Gasteiger partial charge in [-0.3, -0.25) is 9.97 Å². The van der Waals surface area contributed by atoms with Crippen LogP contribution in [0, 0.1) is 0 Å². The van der Waals surface area contributed by atoms with Gasteiger partial charge in [-0.25, -0.2) is 0 Å². The number of hydrogen-bond acceptors (Lipinski definition) is 3. The first-order chi connectivity index (χ1) is 21.3. The van der Waals surface area contributed by atoms with Gasteiger partial charge in [0.15, 0.2) is 0 Å². The highest BCUT2D eigenvalue weighted by atomic mass is 16.3. The average molecular weight is 547 g/mol. The molecule has 3 heterocycles. The normalized spacial score (nSPS) is 12.2. The maximum atomic E-state index is 6.36. The van der Waals surface area contributed by atoms with Gasteiger partial charge in [0.25, 0.3) is 0 Å². The predicted molar refractivity (Wildman–Crippen MR) is 179 cm³/mol. The molecule has 0 amide bonds. The summed E-state index contributed by atoms with van der Waals surface area (Å²) in [6.07, 6.45) is 3.67. The molecule has 198 valence electrons. The van der Waals surface area contributed by atoms with Crippen LogP contribution in [0.15, 0.2) is 138 Å². The van der Waals surface area contributed by atoms with Crippen molar-refractivity contribution in [2.24, 2.45) is 0 Å². The van der Waals surface area contributed by atoms with Gasteiger partial charge in [-0.05, 0) is 103 Å². The van der Waals surface area contributed by atoms with E-state index in [4.69, 9.17) is 9.40 Å². The van der Waals surface area contributed by atoms with Crippen LogP contribution in [0.5, 0.6) is 0 Å². The lowest BCUT2D eigenvalue weighted by atomic mass is 9.88. The molecule has 0 saturated carbocycles. The number of furan rings is 1. The first-order valence-electron chi connectivity index (χ1n) is 14.6. The Morgan fingerprint density at radius 3 is 1.77 bits per heavy atom. The molecule has 7 aromatic carbocycles. The zero-order valence-corrected chi connectivity index (χ0v) is 23.0. The number of fused-ring (bicyclic) bond motifs is 6. The van der Waals surface area contributed by atoms with Crippen molar-refractivity contribution < 1.29 is 4.42 Å². The van der Waals surface area contributed by atoms with Gasteiger partial charge in [0.1, 0.15) is 11.2 Å². The first-order valence-corrected chi connectivity index (χ1v) is 14.6. The quantitative estimate of drug-likeness (QED) is 0.202. The largest absolute Gasteiger partial charge is 0.456 e. The van der Waals surface area contributed by atoms with Crippen LogP contribution in [0.1, 0.15) is 0 Å². The molecule has 3 nitrogen and oxygen atoms in total. The van der Waals surface area contributed by atoms with Crippen LogP contribution in [0.4, 0.5) is 0 Å². The monoisotopic (exact) mass is 546 g/mol. The van der Waals surface area contributed by atoms with Gasteiger partial charge in [-0.2, -0.15) is 0 Å². The predicted octanol–water partition coefficient (Wildman–Crippen LogP) is 10.9. The second-order valence-electron chi connectivity index (χ2n) is 11.4. The summed E-state index contributed by atoms with van der Waals surface area (Å²) in [6, 6.07) is 43.6. The molecule has 0 unspecified atom stereocenters. The van der Waals surface area contributed by atoms with E-state index in [9.17, 15) is 0 Å². The van der Waals surface area contributed by atoms with Crippen molar-refractivity contribution in [2.45, 2.75) is 0 Å². The standard InChI is InChI=1S/C40H22N2O/c1-5-23-11-12-24-6-2-9-29-31(21-27(7-1)37(23)38(24)29)25-13-15-35-33(19-25)34-20-26(14-16-36(34)43-35)32-22-28-8-3-17-41-39(28)40-30(32)10-4-18-42-40/h1-22H. The summed E-state index contributed by atoms with van der Waals surface area (Å²) in [5, 5.41) is 12.2. The Balaban J connectivity index is 1.23. The number of nitrogens with zero attached hydrogens (tertiary/aromatic N) is 2. The van der Waals surface area contributed by atoms with Gasteiger partial charge in [0, 0.05) is 33.9 Å². The molecule has 0 aliphatic heterocycles. The van der Waals surface area contributed by atoms with Gasteiger partial charge < -0.3 is 4.42 Å². The van der Waals surface area contributed by atoms with E-state index >= 15 is 0 Å². The summed E-state index contributed by atoms with van der Waals surface area (Å²) < 4.78 is 6.36. The molecule has 0 spiro atoms. The fourth-order valence-electron chi connectivity index (χ4n) is 7.13. The minimum atomic E-state index is 0.885. The molecule has 0 aliphatic carbocycles. The molecule has 10 rings (SSSR count).